The van der Waals surface area contributed by atoms with Crippen molar-refractivity contribution in [1.29, 1.82) is 0 Å². The first kappa shape index (κ1) is 15.6. The first-order valence-corrected chi connectivity index (χ1v) is 7.00. The summed E-state index contributed by atoms with van der Waals surface area (Å²) in [5.41, 5.74) is 0.981. The van der Waals surface area contributed by atoms with E-state index in [4.69, 9.17) is 4.74 Å². The number of hydrogen-bond acceptors (Lipinski definition) is 5. The second kappa shape index (κ2) is 6.07. The number of rotatable bonds is 4. The van der Waals surface area contributed by atoms with Crippen LogP contribution < -0.4 is 10.3 Å². The minimum atomic E-state index is -0.666. The SMILES string of the molecule is Cc1ccc2nc(COc3cc(F)ccc3[N+](=O)[O-])cc(=O)n2c1. The fourth-order valence-corrected chi connectivity index (χ4v) is 2.24. The second-order valence-electron chi connectivity index (χ2n) is 5.18. The lowest BCUT2D eigenvalue weighted by molar-refractivity contribution is -0.386. The highest BCUT2D eigenvalue weighted by atomic mass is 19.1. The Labute approximate surface area is 135 Å². The van der Waals surface area contributed by atoms with E-state index in [1.807, 2.05) is 13.0 Å². The molecule has 3 rings (SSSR count). The van der Waals surface area contributed by atoms with Crippen LogP contribution in [0.5, 0.6) is 5.75 Å². The normalized spacial score (nSPS) is 10.8. The fourth-order valence-electron chi connectivity index (χ4n) is 2.24. The van der Waals surface area contributed by atoms with E-state index in [0.29, 0.717) is 11.3 Å². The molecule has 2 heterocycles. The van der Waals surface area contributed by atoms with Gasteiger partial charge in [-0.3, -0.25) is 19.3 Å². The number of aryl methyl sites for hydroxylation is 1. The van der Waals surface area contributed by atoms with E-state index in [9.17, 15) is 19.3 Å². The molecule has 24 heavy (non-hydrogen) atoms. The van der Waals surface area contributed by atoms with E-state index in [1.54, 1.807) is 12.3 Å². The maximum atomic E-state index is 13.3. The van der Waals surface area contributed by atoms with Crippen molar-refractivity contribution in [2.75, 3.05) is 0 Å². The number of ether oxygens (including phenoxy) is 1. The summed E-state index contributed by atoms with van der Waals surface area (Å²) in [5.74, 6) is -0.872. The third kappa shape index (κ3) is 3.07. The Bertz CT molecular complexity index is 1000. The molecule has 0 unspecified atom stereocenters. The van der Waals surface area contributed by atoms with Gasteiger partial charge in [0.2, 0.25) is 0 Å². The molecule has 3 aromatic rings. The first-order chi connectivity index (χ1) is 11.4. The molecule has 0 amide bonds. The topological polar surface area (TPSA) is 86.7 Å². The predicted molar refractivity (Wildman–Crippen MR) is 83.6 cm³/mol. The summed E-state index contributed by atoms with van der Waals surface area (Å²) in [4.78, 5) is 26.6. The molecule has 0 aliphatic rings. The van der Waals surface area contributed by atoms with Crippen LogP contribution in [0.15, 0.2) is 47.4 Å². The van der Waals surface area contributed by atoms with Crippen molar-refractivity contribution < 1.29 is 14.1 Å². The lowest BCUT2D eigenvalue weighted by Crippen LogP contribution is -2.16. The molecule has 0 N–H and O–H groups in total. The minimum absolute atomic E-state index is 0.191. The van der Waals surface area contributed by atoms with Gasteiger partial charge in [0, 0.05) is 24.4 Å². The van der Waals surface area contributed by atoms with Crippen LogP contribution in [-0.2, 0) is 6.61 Å². The first-order valence-electron chi connectivity index (χ1n) is 7.00. The Balaban J connectivity index is 1.92. The van der Waals surface area contributed by atoms with Crippen molar-refractivity contribution in [3.8, 4) is 5.75 Å². The highest BCUT2D eigenvalue weighted by molar-refractivity contribution is 5.46. The molecule has 0 aliphatic carbocycles. The van der Waals surface area contributed by atoms with E-state index in [2.05, 4.69) is 4.98 Å². The number of nitro benzene ring substituents is 1. The Kier molecular flexibility index (Phi) is 3.95. The van der Waals surface area contributed by atoms with Crippen LogP contribution >= 0.6 is 0 Å². The van der Waals surface area contributed by atoms with Crippen molar-refractivity contribution in [3.63, 3.8) is 0 Å². The number of nitro groups is 1. The summed E-state index contributed by atoms with van der Waals surface area (Å²) in [6.45, 7) is 1.66. The molecular formula is C16H12FN3O4. The maximum absolute atomic E-state index is 13.3. The van der Waals surface area contributed by atoms with Crippen LogP contribution in [0.4, 0.5) is 10.1 Å². The highest BCUT2D eigenvalue weighted by Gasteiger charge is 2.16. The summed E-state index contributed by atoms with van der Waals surface area (Å²) < 4.78 is 20.0. The quantitative estimate of drug-likeness (QED) is 0.542. The zero-order valence-electron chi connectivity index (χ0n) is 12.6. The van der Waals surface area contributed by atoms with Crippen LogP contribution in [0, 0.1) is 22.9 Å². The Morgan fingerprint density at radius 3 is 2.83 bits per heavy atom. The van der Waals surface area contributed by atoms with E-state index in [-0.39, 0.29) is 23.6 Å². The molecule has 0 spiro atoms. The van der Waals surface area contributed by atoms with Gasteiger partial charge in [-0.25, -0.2) is 9.37 Å². The number of pyridine rings is 1. The molecule has 122 valence electrons. The van der Waals surface area contributed by atoms with Crippen LogP contribution in [0.2, 0.25) is 0 Å². The maximum Gasteiger partial charge on any atom is 0.311 e. The van der Waals surface area contributed by atoms with Crippen molar-refractivity contribution in [2.45, 2.75) is 13.5 Å². The van der Waals surface area contributed by atoms with E-state index in [0.717, 1.165) is 23.8 Å². The number of fused-ring (bicyclic) bond motifs is 1. The van der Waals surface area contributed by atoms with Gasteiger partial charge in [-0.1, -0.05) is 6.07 Å². The Hall–Kier alpha value is -3.29. The molecule has 2 aromatic heterocycles. The predicted octanol–water partition coefficient (Wildman–Crippen LogP) is 2.63. The smallest absolute Gasteiger partial charge is 0.311 e. The van der Waals surface area contributed by atoms with Gasteiger partial charge in [-0.05, 0) is 24.6 Å². The molecule has 8 heteroatoms. The molecule has 0 saturated carbocycles. The van der Waals surface area contributed by atoms with Crippen LogP contribution in [-0.4, -0.2) is 14.3 Å². The summed E-state index contributed by atoms with van der Waals surface area (Å²) in [6.07, 6.45) is 1.66. The molecule has 0 aliphatic heterocycles. The van der Waals surface area contributed by atoms with Crippen LogP contribution in [0.1, 0.15) is 11.3 Å². The molecule has 0 radical (unpaired) electrons. The van der Waals surface area contributed by atoms with Gasteiger partial charge in [-0.2, -0.15) is 0 Å². The third-order valence-corrected chi connectivity index (χ3v) is 3.35. The second-order valence-corrected chi connectivity index (χ2v) is 5.18. The number of nitrogens with zero attached hydrogens (tertiary/aromatic N) is 3. The molecule has 7 nitrogen and oxygen atoms in total. The van der Waals surface area contributed by atoms with Crippen molar-refractivity contribution in [2.24, 2.45) is 0 Å². The van der Waals surface area contributed by atoms with Crippen molar-refractivity contribution in [1.82, 2.24) is 9.38 Å². The molecule has 1 aromatic carbocycles. The average molecular weight is 329 g/mol. The van der Waals surface area contributed by atoms with Gasteiger partial charge in [0.15, 0.2) is 5.75 Å². The van der Waals surface area contributed by atoms with E-state index < -0.39 is 10.7 Å². The van der Waals surface area contributed by atoms with Gasteiger partial charge < -0.3 is 4.74 Å². The number of halogens is 1. The zero-order chi connectivity index (χ0) is 17.3. The summed E-state index contributed by atoms with van der Waals surface area (Å²) >= 11 is 0. The molecule has 0 bridgehead atoms. The van der Waals surface area contributed by atoms with Crippen molar-refractivity contribution >= 4 is 11.3 Å². The molecular weight excluding hydrogens is 317 g/mol. The Morgan fingerprint density at radius 1 is 1.29 bits per heavy atom. The van der Waals surface area contributed by atoms with Gasteiger partial charge >= 0.3 is 5.69 Å². The summed E-state index contributed by atoms with van der Waals surface area (Å²) in [6, 6.07) is 7.70. The standard InChI is InChI=1S/C16H12FN3O4/c1-10-2-5-15-18-12(7-16(21)19(15)8-10)9-24-14-6-11(17)3-4-13(14)20(22)23/h2-8H,9H2,1H3. The molecule has 0 saturated heterocycles. The summed E-state index contributed by atoms with van der Waals surface area (Å²) in [5, 5.41) is 10.9. The lowest BCUT2D eigenvalue weighted by Gasteiger charge is -2.08. The Morgan fingerprint density at radius 2 is 2.08 bits per heavy atom. The molecule has 0 fully saturated rings. The number of benzene rings is 1. The average Bonchev–Trinajstić information content (AvgIpc) is 2.53. The van der Waals surface area contributed by atoms with Crippen LogP contribution in [0.25, 0.3) is 5.65 Å². The molecule has 0 atom stereocenters. The van der Waals surface area contributed by atoms with E-state index >= 15 is 0 Å². The van der Waals surface area contributed by atoms with Gasteiger partial charge in [0.1, 0.15) is 18.1 Å². The minimum Gasteiger partial charge on any atom is -0.480 e. The third-order valence-electron chi connectivity index (χ3n) is 3.35. The van der Waals surface area contributed by atoms with E-state index in [1.165, 1.54) is 10.5 Å². The summed E-state index contributed by atoms with van der Waals surface area (Å²) in [7, 11) is 0. The largest absolute Gasteiger partial charge is 0.480 e. The fraction of sp³-hybridized carbons (Fsp3) is 0.125. The van der Waals surface area contributed by atoms with Gasteiger partial charge in [-0.15, -0.1) is 0 Å². The van der Waals surface area contributed by atoms with Crippen molar-refractivity contribution in [3.05, 3.63) is 80.1 Å². The van der Waals surface area contributed by atoms with Crippen LogP contribution in [0.3, 0.4) is 0 Å². The number of aromatic nitrogens is 2. The number of hydrogen-bond donors (Lipinski definition) is 0. The van der Waals surface area contributed by atoms with Gasteiger partial charge in [0.25, 0.3) is 5.56 Å². The zero-order valence-corrected chi connectivity index (χ0v) is 12.6. The highest BCUT2D eigenvalue weighted by Crippen LogP contribution is 2.28. The lowest BCUT2D eigenvalue weighted by atomic mass is 10.3. The monoisotopic (exact) mass is 329 g/mol. The van der Waals surface area contributed by atoms with Gasteiger partial charge in [0.05, 0.1) is 10.6 Å².